The summed E-state index contributed by atoms with van der Waals surface area (Å²) in [5, 5.41) is 4.88. The van der Waals surface area contributed by atoms with Crippen molar-refractivity contribution in [2.24, 2.45) is 0 Å². The topological polar surface area (TPSA) is 49.4 Å². The van der Waals surface area contributed by atoms with Gasteiger partial charge in [0, 0.05) is 17.0 Å². The van der Waals surface area contributed by atoms with Crippen LogP contribution in [-0.2, 0) is 11.2 Å². The highest BCUT2D eigenvalue weighted by Gasteiger charge is 2.30. The van der Waals surface area contributed by atoms with Crippen molar-refractivity contribution in [3.05, 3.63) is 56.8 Å². The van der Waals surface area contributed by atoms with Crippen molar-refractivity contribution in [3.8, 4) is 0 Å². The third-order valence-electron chi connectivity index (χ3n) is 4.97. The molecule has 0 aliphatic carbocycles. The zero-order valence-corrected chi connectivity index (χ0v) is 15.8. The smallest absolute Gasteiger partial charge is 0.251 e. The Bertz CT molecular complexity index is 797. The second-order valence-electron chi connectivity index (χ2n) is 6.54. The monoisotopic (exact) mass is 356 g/mol. The number of nitrogens with one attached hydrogen (secondary N) is 1. The zero-order valence-electron chi connectivity index (χ0n) is 15.0. The normalized spacial score (nSPS) is 16.4. The average molecular weight is 356 g/mol. The fourth-order valence-electron chi connectivity index (χ4n) is 3.38. The van der Waals surface area contributed by atoms with Crippen LogP contribution in [0, 0.1) is 13.8 Å². The van der Waals surface area contributed by atoms with Crippen molar-refractivity contribution in [1.29, 1.82) is 0 Å². The van der Waals surface area contributed by atoms with E-state index in [4.69, 9.17) is 0 Å². The quantitative estimate of drug-likeness (QED) is 0.909. The maximum absolute atomic E-state index is 12.7. The van der Waals surface area contributed by atoms with Crippen LogP contribution in [0.1, 0.15) is 51.3 Å². The number of fused-ring (bicyclic) bond motifs is 1. The van der Waals surface area contributed by atoms with Crippen LogP contribution < -0.4 is 5.32 Å². The van der Waals surface area contributed by atoms with Gasteiger partial charge in [-0.3, -0.25) is 9.59 Å². The Morgan fingerprint density at radius 3 is 2.76 bits per heavy atom. The number of carbonyl (C=O) groups is 2. The highest BCUT2D eigenvalue weighted by atomic mass is 32.1. The third-order valence-corrected chi connectivity index (χ3v) is 5.97. The van der Waals surface area contributed by atoms with Crippen LogP contribution in [0.5, 0.6) is 0 Å². The summed E-state index contributed by atoms with van der Waals surface area (Å²) >= 11 is 1.77. The van der Waals surface area contributed by atoms with E-state index in [0.717, 1.165) is 30.5 Å². The molecular weight excluding hydrogens is 332 g/mol. The summed E-state index contributed by atoms with van der Waals surface area (Å²) in [6.45, 7) is 6.87. The fourth-order valence-corrected chi connectivity index (χ4v) is 4.31. The summed E-state index contributed by atoms with van der Waals surface area (Å²) in [4.78, 5) is 28.3. The molecule has 0 saturated heterocycles. The minimum absolute atomic E-state index is 0.0131. The Morgan fingerprint density at radius 1 is 1.24 bits per heavy atom. The molecule has 0 saturated carbocycles. The van der Waals surface area contributed by atoms with E-state index in [1.165, 1.54) is 10.4 Å². The van der Waals surface area contributed by atoms with Gasteiger partial charge in [0.15, 0.2) is 0 Å². The second kappa shape index (κ2) is 7.40. The van der Waals surface area contributed by atoms with Crippen LogP contribution in [0.25, 0.3) is 0 Å². The first-order valence-electron chi connectivity index (χ1n) is 8.72. The molecule has 4 nitrogen and oxygen atoms in total. The number of hydrogen-bond donors (Lipinski definition) is 1. The Balaban J connectivity index is 1.64. The number of aryl methyl sites for hydroxylation is 2. The standard InChI is InChI=1S/C20H24N2O2S/c1-4-17-16-8-10-25-18(16)7-9-22(17)19(23)12-21-20(24)15-6-5-13(2)14(3)11-15/h5-6,8,10-11,17H,4,7,9,12H2,1-3H3,(H,21,24)/t17-/m0/s1. The van der Waals surface area contributed by atoms with E-state index in [9.17, 15) is 9.59 Å². The Kier molecular flexibility index (Phi) is 5.23. The highest BCUT2D eigenvalue weighted by molar-refractivity contribution is 7.10. The van der Waals surface area contributed by atoms with E-state index < -0.39 is 0 Å². The Morgan fingerprint density at radius 2 is 2.04 bits per heavy atom. The molecule has 2 heterocycles. The second-order valence-corrected chi connectivity index (χ2v) is 7.54. The molecule has 1 aromatic heterocycles. The maximum atomic E-state index is 12.7. The molecule has 1 N–H and O–H groups in total. The largest absolute Gasteiger partial charge is 0.343 e. The molecule has 0 fully saturated rings. The van der Waals surface area contributed by atoms with Gasteiger partial charge in [0.25, 0.3) is 5.91 Å². The molecule has 2 aromatic rings. The van der Waals surface area contributed by atoms with Gasteiger partial charge in [-0.1, -0.05) is 13.0 Å². The lowest BCUT2D eigenvalue weighted by molar-refractivity contribution is -0.133. The lowest BCUT2D eigenvalue weighted by atomic mass is 9.98. The van der Waals surface area contributed by atoms with E-state index in [0.29, 0.717) is 5.56 Å². The number of benzene rings is 1. The number of thiophene rings is 1. The van der Waals surface area contributed by atoms with Gasteiger partial charge in [-0.2, -0.15) is 0 Å². The van der Waals surface area contributed by atoms with Crippen LogP contribution in [-0.4, -0.2) is 29.8 Å². The summed E-state index contributed by atoms with van der Waals surface area (Å²) < 4.78 is 0. The van der Waals surface area contributed by atoms with Gasteiger partial charge in [-0.15, -0.1) is 11.3 Å². The molecule has 0 bridgehead atoms. The maximum Gasteiger partial charge on any atom is 0.251 e. The van der Waals surface area contributed by atoms with Crippen molar-refractivity contribution in [2.75, 3.05) is 13.1 Å². The molecule has 0 spiro atoms. The van der Waals surface area contributed by atoms with Gasteiger partial charge in [0.1, 0.15) is 0 Å². The van der Waals surface area contributed by atoms with Gasteiger partial charge in [0.05, 0.1) is 12.6 Å². The number of amides is 2. The Labute approximate surface area is 152 Å². The summed E-state index contributed by atoms with van der Waals surface area (Å²) in [5.41, 5.74) is 4.10. The minimum Gasteiger partial charge on any atom is -0.343 e. The molecule has 132 valence electrons. The predicted molar refractivity (Wildman–Crippen MR) is 101 cm³/mol. The van der Waals surface area contributed by atoms with E-state index in [1.54, 1.807) is 17.4 Å². The van der Waals surface area contributed by atoms with Crippen molar-refractivity contribution in [1.82, 2.24) is 10.2 Å². The zero-order chi connectivity index (χ0) is 18.0. The summed E-state index contributed by atoms with van der Waals surface area (Å²) in [6, 6.07) is 7.85. The van der Waals surface area contributed by atoms with Gasteiger partial charge >= 0.3 is 0 Å². The fraction of sp³-hybridized carbons (Fsp3) is 0.400. The summed E-state index contributed by atoms with van der Waals surface area (Å²) in [6.07, 6.45) is 1.79. The van der Waals surface area contributed by atoms with E-state index in [-0.39, 0.29) is 24.4 Å². The van der Waals surface area contributed by atoms with Crippen LogP contribution in [0.15, 0.2) is 29.6 Å². The van der Waals surface area contributed by atoms with E-state index in [2.05, 4.69) is 23.7 Å². The number of rotatable bonds is 4. The molecule has 0 unspecified atom stereocenters. The predicted octanol–water partition coefficient (Wildman–Crippen LogP) is 3.63. The molecule has 5 heteroatoms. The first-order valence-corrected chi connectivity index (χ1v) is 9.60. The first kappa shape index (κ1) is 17.7. The van der Waals surface area contributed by atoms with Crippen LogP contribution in [0.4, 0.5) is 0 Å². The molecule has 3 rings (SSSR count). The lowest BCUT2D eigenvalue weighted by Crippen LogP contribution is -2.44. The van der Waals surface area contributed by atoms with Gasteiger partial charge < -0.3 is 10.2 Å². The first-order chi connectivity index (χ1) is 12.0. The molecule has 2 amide bonds. The lowest BCUT2D eigenvalue weighted by Gasteiger charge is -2.35. The highest BCUT2D eigenvalue weighted by Crippen LogP contribution is 2.35. The van der Waals surface area contributed by atoms with Crippen LogP contribution in [0.2, 0.25) is 0 Å². The molecule has 1 atom stereocenters. The van der Waals surface area contributed by atoms with Gasteiger partial charge in [-0.05, 0) is 67.0 Å². The molecule has 1 aliphatic rings. The molecule has 1 aliphatic heterocycles. The Hall–Kier alpha value is -2.14. The molecule has 0 radical (unpaired) electrons. The van der Waals surface area contributed by atoms with Crippen LogP contribution >= 0.6 is 11.3 Å². The van der Waals surface area contributed by atoms with Crippen molar-refractivity contribution < 1.29 is 9.59 Å². The summed E-state index contributed by atoms with van der Waals surface area (Å²) in [5.74, 6) is -0.210. The third kappa shape index (κ3) is 3.61. The van der Waals surface area contributed by atoms with Crippen LogP contribution in [0.3, 0.4) is 0 Å². The summed E-state index contributed by atoms with van der Waals surface area (Å²) in [7, 11) is 0. The van der Waals surface area contributed by atoms with E-state index in [1.807, 2.05) is 30.9 Å². The number of nitrogens with zero attached hydrogens (tertiary/aromatic N) is 1. The molecular formula is C20H24N2O2S. The van der Waals surface area contributed by atoms with Gasteiger partial charge in [0.2, 0.25) is 5.91 Å². The SMILES string of the molecule is CC[C@H]1c2ccsc2CCN1C(=O)CNC(=O)c1ccc(C)c(C)c1. The molecule has 1 aromatic carbocycles. The minimum atomic E-state index is -0.197. The van der Waals surface area contributed by atoms with Gasteiger partial charge in [-0.25, -0.2) is 0 Å². The van der Waals surface area contributed by atoms with Crippen molar-refractivity contribution in [3.63, 3.8) is 0 Å². The number of hydrogen-bond acceptors (Lipinski definition) is 3. The van der Waals surface area contributed by atoms with Crippen molar-refractivity contribution >= 4 is 23.2 Å². The molecule has 25 heavy (non-hydrogen) atoms. The van der Waals surface area contributed by atoms with E-state index >= 15 is 0 Å². The van der Waals surface area contributed by atoms with Crippen molar-refractivity contribution in [2.45, 2.75) is 39.7 Å². The average Bonchev–Trinajstić information content (AvgIpc) is 3.09. The number of carbonyl (C=O) groups excluding carboxylic acids is 2.